The molecule has 29 heavy (non-hydrogen) atoms. The minimum absolute atomic E-state index is 0.252. The van der Waals surface area contributed by atoms with Crippen LogP contribution in [0.5, 0.6) is 0 Å². The fourth-order valence-corrected chi connectivity index (χ4v) is 4.03. The Labute approximate surface area is 182 Å². The molecule has 0 aliphatic carbocycles. The summed E-state index contributed by atoms with van der Waals surface area (Å²) in [5, 5.41) is 19.5. The molecule has 0 fully saturated rings. The van der Waals surface area contributed by atoms with Crippen molar-refractivity contribution in [3.63, 3.8) is 0 Å². The summed E-state index contributed by atoms with van der Waals surface area (Å²) in [4.78, 5) is 40.4. The molecule has 0 saturated carbocycles. The van der Waals surface area contributed by atoms with Crippen LogP contribution in [-0.4, -0.2) is 35.7 Å². The fourth-order valence-electron chi connectivity index (χ4n) is 1.78. The molecular weight excluding hydrogens is 416 g/mol. The summed E-state index contributed by atoms with van der Waals surface area (Å²) in [6.07, 6.45) is 1.86. The van der Waals surface area contributed by atoms with Crippen molar-refractivity contribution in [2.45, 2.75) is 104 Å². The van der Waals surface area contributed by atoms with Crippen LogP contribution < -0.4 is 10.2 Å². The topological polar surface area (TPSA) is 133 Å². The molecule has 0 unspecified atom stereocenters. The Hall–Kier alpha value is -1.09. The van der Waals surface area contributed by atoms with Crippen LogP contribution in [0.2, 0.25) is 4.73 Å². The van der Waals surface area contributed by atoms with Gasteiger partial charge in [-0.2, -0.15) is 0 Å². The molecule has 8 nitrogen and oxygen atoms in total. The van der Waals surface area contributed by atoms with Crippen molar-refractivity contribution in [1.29, 1.82) is 0 Å². The molecule has 0 atom stereocenters. The number of carboxylic acids is 2. The van der Waals surface area contributed by atoms with Crippen LogP contribution in [0, 0.1) is 0 Å². The monoisotopic (exact) mass is 453 g/mol. The number of ketones is 2. The van der Waals surface area contributed by atoms with Gasteiger partial charge in [-0.25, -0.2) is 0 Å². The third-order valence-corrected chi connectivity index (χ3v) is 5.96. The molecule has 0 aliphatic rings. The summed E-state index contributed by atoms with van der Waals surface area (Å²) in [7, 11) is 0. The first-order valence-electron chi connectivity index (χ1n) is 10.0. The molecule has 0 aliphatic heterocycles. The van der Waals surface area contributed by atoms with E-state index in [4.69, 9.17) is 6.64 Å². The van der Waals surface area contributed by atoms with Gasteiger partial charge in [-0.3, -0.25) is 9.59 Å². The zero-order valence-corrected chi connectivity index (χ0v) is 20.4. The van der Waals surface area contributed by atoms with E-state index in [1.165, 1.54) is 0 Å². The Bertz CT molecular complexity index is 423. The SMILES string of the molecule is CCCC(=O)CC(=O)[O-].CCCC(=O)CC(=O)[O-].C[CH2][Ti+2]([O]C(C)C)[O]C(C)C. The van der Waals surface area contributed by atoms with Crippen LogP contribution >= 0.6 is 0 Å². The zero-order chi connectivity index (χ0) is 23.4. The number of aliphatic carboxylic acids is 2. The number of hydrogen-bond acceptors (Lipinski definition) is 8. The van der Waals surface area contributed by atoms with Crippen molar-refractivity contribution in [3.8, 4) is 0 Å². The number of hydrogen-bond donors (Lipinski definition) is 0. The van der Waals surface area contributed by atoms with Crippen LogP contribution in [0.3, 0.4) is 0 Å². The van der Waals surface area contributed by atoms with Crippen molar-refractivity contribution >= 4 is 23.5 Å². The Balaban J connectivity index is -0.000000352. The second kappa shape index (κ2) is 21.6. The van der Waals surface area contributed by atoms with Gasteiger partial charge in [0.1, 0.15) is 11.6 Å². The number of carboxylic acid groups (broad SMARTS) is 2. The first kappa shape index (κ1) is 32.6. The van der Waals surface area contributed by atoms with Crippen molar-refractivity contribution in [2.24, 2.45) is 0 Å². The van der Waals surface area contributed by atoms with E-state index in [0.29, 0.717) is 37.9 Å². The van der Waals surface area contributed by atoms with Crippen LogP contribution in [0.1, 0.15) is 87.0 Å². The summed E-state index contributed by atoms with van der Waals surface area (Å²) in [6.45, 7) is 14.0. The van der Waals surface area contributed by atoms with Gasteiger partial charge >= 0.3 is 76.8 Å². The van der Waals surface area contributed by atoms with E-state index in [1.807, 2.05) is 13.8 Å². The summed E-state index contributed by atoms with van der Waals surface area (Å²) in [6, 6.07) is 0. The first-order chi connectivity index (χ1) is 13.4. The molecule has 0 N–H and O–H groups in total. The second-order valence-corrected chi connectivity index (χ2v) is 9.74. The maximum atomic E-state index is 10.4. The van der Waals surface area contributed by atoms with Gasteiger partial charge in [0.05, 0.1) is 0 Å². The Morgan fingerprint density at radius 3 is 1.21 bits per heavy atom. The van der Waals surface area contributed by atoms with Crippen molar-refractivity contribution in [2.75, 3.05) is 0 Å². The first-order valence-corrected chi connectivity index (χ1v) is 12.4. The average molecular weight is 453 g/mol. The third-order valence-electron chi connectivity index (χ3n) is 2.76. The van der Waals surface area contributed by atoms with Crippen LogP contribution in [0.4, 0.5) is 0 Å². The number of carbonyl (C=O) groups excluding carboxylic acids is 4. The number of carbonyl (C=O) groups is 4. The maximum absolute atomic E-state index is 10.4. The second-order valence-electron chi connectivity index (χ2n) is 6.73. The van der Waals surface area contributed by atoms with Gasteiger partial charge in [0.25, 0.3) is 0 Å². The van der Waals surface area contributed by atoms with Gasteiger partial charge in [0.15, 0.2) is 0 Å². The molecule has 169 valence electrons. The zero-order valence-electron chi connectivity index (χ0n) is 18.9. The van der Waals surface area contributed by atoms with E-state index in [-0.39, 0.29) is 11.6 Å². The van der Waals surface area contributed by atoms with E-state index in [1.54, 1.807) is 0 Å². The minimum atomic E-state index is -1.59. The number of Topliss-reactive ketones (excluding diaryl/α,β-unsaturated/α-hetero) is 2. The molecule has 0 aromatic carbocycles. The standard InChI is InChI=1S/2C6H10O3.2C3H7O.C2H5.Ti/c2*1-2-3-5(7)4-6(8)9;2*1-3(2)4;1-2;/h2*2-4H2,1H3,(H,8,9);2*3H,1-2H3;1H2,2H3;/q;;2*-1;;+4/p-2. The van der Waals surface area contributed by atoms with E-state index < -0.39 is 43.4 Å². The van der Waals surface area contributed by atoms with Gasteiger partial charge in [0.2, 0.25) is 0 Å². The molecule has 0 rings (SSSR count). The van der Waals surface area contributed by atoms with E-state index in [9.17, 15) is 29.4 Å². The molecular formula is C20H37O8Ti. The molecule has 9 heteroatoms. The molecule has 0 heterocycles. The summed E-state index contributed by atoms with van der Waals surface area (Å²) >= 11 is -1.59. The summed E-state index contributed by atoms with van der Waals surface area (Å²) in [5.41, 5.74) is 0. The Morgan fingerprint density at radius 1 is 0.724 bits per heavy atom. The van der Waals surface area contributed by atoms with Crippen molar-refractivity contribution < 1.29 is 54.7 Å². The van der Waals surface area contributed by atoms with E-state index in [2.05, 4.69) is 34.6 Å². The van der Waals surface area contributed by atoms with Crippen LogP contribution in [0.25, 0.3) is 0 Å². The van der Waals surface area contributed by atoms with Crippen LogP contribution in [-0.2, 0) is 44.5 Å². The predicted octanol–water partition coefficient (Wildman–Crippen LogP) is 1.71. The summed E-state index contributed by atoms with van der Waals surface area (Å²) < 4.78 is 12.4. The fraction of sp³-hybridized carbons (Fsp3) is 0.800. The van der Waals surface area contributed by atoms with Gasteiger partial charge in [-0.1, -0.05) is 13.8 Å². The van der Waals surface area contributed by atoms with Crippen molar-refractivity contribution in [1.82, 2.24) is 0 Å². The predicted molar refractivity (Wildman–Crippen MR) is 102 cm³/mol. The van der Waals surface area contributed by atoms with E-state index in [0.717, 1.165) is 4.73 Å². The Morgan fingerprint density at radius 2 is 1.03 bits per heavy atom. The van der Waals surface area contributed by atoms with Gasteiger partial charge in [-0.15, -0.1) is 0 Å². The van der Waals surface area contributed by atoms with Crippen LogP contribution in [0.15, 0.2) is 0 Å². The van der Waals surface area contributed by atoms with Gasteiger partial charge in [-0.05, 0) is 12.8 Å². The quantitative estimate of drug-likeness (QED) is 0.304. The molecule has 0 saturated heterocycles. The molecule has 0 aromatic rings. The summed E-state index contributed by atoms with van der Waals surface area (Å²) in [5.74, 6) is -3.07. The molecule has 0 amide bonds. The molecule has 0 spiro atoms. The van der Waals surface area contributed by atoms with Crippen molar-refractivity contribution in [3.05, 3.63) is 0 Å². The van der Waals surface area contributed by atoms with Gasteiger partial charge in [0, 0.05) is 37.6 Å². The molecule has 0 aromatic heterocycles. The average Bonchev–Trinajstić information content (AvgIpc) is 2.53. The normalized spacial score (nSPS) is 9.83. The molecule has 0 radical (unpaired) electrons. The Kier molecular flexibility index (Phi) is 24.3. The number of rotatable bonds is 13. The third kappa shape index (κ3) is 31.8. The van der Waals surface area contributed by atoms with Gasteiger partial charge < -0.3 is 19.8 Å². The van der Waals surface area contributed by atoms with E-state index >= 15 is 0 Å². The molecule has 0 bridgehead atoms.